The molecular formula is C19H33N3O3S. The van der Waals surface area contributed by atoms with Crippen molar-refractivity contribution >= 4 is 27.3 Å². The number of hydrogen-bond acceptors (Lipinski definition) is 4. The van der Waals surface area contributed by atoms with Gasteiger partial charge in [0.05, 0.1) is 6.26 Å². The summed E-state index contributed by atoms with van der Waals surface area (Å²) in [5, 5.41) is 0. The Morgan fingerprint density at radius 3 is 2.23 bits per heavy atom. The molecule has 1 aromatic rings. The summed E-state index contributed by atoms with van der Waals surface area (Å²) in [6.07, 6.45) is 3.66. The van der Waals surface area contributed by atoms with E-state index in [1.165, 1.54) is 0 Å². The number of nitrogens with zero attached hydrogens (tertiary/aromatic N) is 2. The van der Waals surface area contributed by atoms with E-state index in [-0.39, 0.29) is 11.8 Å². The Kier molecular flexibility index (Phi) is 8.40. The van der Waals surface area contributed by atoms with Crippen LogP contribution in [0, 0.1) is 5.92 Å². The van der Waals surface area contributed by atoms with Crippen molar-refractivity contribution in [1.29, 1.82) is 0 Å². The van der Waals surface area contributed by atoms with Gasteiger partial charge in [-0.25, -0.2) is 8.42 Å². The van der Waals surface area contributed by atoms with Crippen LogP contribution >= 0.6 is 0 Å². The van der Waals surface area contributed by atoms with Crippen LogP contribution in [-0.4, -0.2) is 46.1 Å². The Hall–Kier alpha value is -1.76. The summed E-state index contributed by atoms with van der Waals surface area (Å²) in [6.45, 7) is 7.29. The second-order valence-electron chi connectivity index (χ2n) is 6.89. The standard InChI is InChI=1S/C19H33N3O3S/c1-7-12-22(19(23)15(8-2)9-3)14-16-13-17(20-26(6,24)25)10-11-18(16)21(4)5/h10-11,13,15,20H,7-9,12,14H2,1-6H3. The van der Waals surface area contributed by atoms with Crippen molar-refractivity contribution in [3.8, 4) is 0 Å². The summed E-state index contributed by atoms with van der Waals surface area (Å²) in [5.41, 5.74) is 2.42. The molecule has 0 fully saturated rings. The zero-order valence-corrected chi connectivity index (χ0v) is 17.7. The lowest BCUT2D eigenvalue weighted by atomic mass is 10.0. The first-order chi connectivity index (χ1) is 12.1. The van der Waals surface area contributed by atoms with Crippen molar-refractivity contribution < 1.29 is 13.2 Å². The fourth-order valence-corrected chi connectivity index (χ4v) is 3.62. The van der Waals surface area contributed by atoms with Crippen molar-refractivity contribution in [3.05, 3.63) is 23.8 Å². The SMILES string of the molecule is CCCN(Cc1cc(NS(C)(=O)=O)ccc1N(C)C)C(=O)C(CC)CC. The molecule has 0 aromatic heterocycles. The van der Waals surface area contributed by atoms with Gasteiger partial charge in [-0.2, -0.15) is 0 Å². The molecule has 0 aliphatic heterocycles. The van der Waals surface area contributed by atoms with Crippen LogP contribution in [0.15, 0.2) is 18.2 Å². The number of amides is 1. The molecule has 6 nitrogen and oxygen atoms in total. The predicted octanol–water partition coefficient (Wildman–Crippen LogP) is 3.30. The number of rotatable bonds is 10. The number of hydrogen-bond donors (Lipinski definition) is 1. The average molecular weight is 384 g/mol. The van der Waals surface area contributed by atoms with E-state index in [0.29, 0.717) is 18.8 Å². The fourth-order valence-electron chi connectivity index (χ4n) is 3.06. The van der Waals surface area contributed by atoms with E-state index >= 15 is 0 Å². The first-order valence-corrected chi connectivity index (χ1v) is 11.1. The molecule has 0 aliphatic carbocycles. The van der Waals surface area contributed by atoms with Crippen LogP contribution in [0.1, 0.15) is 45.6 Å². The van der Waals surface area contributed by atoms with Crippen LogP contribution in [0.2, 0.25) is 0 Å². The van der Waals surface area contributed by atoms with Gasteiger partial charge in [-0.3, -0.25) is 9.52 Å². The summed E-state index contributed by atoms with van der Waals surface area (Å²) in [7, 11) is 0.532. The Labute approximate surface area is 158 Å². The van der Waals surface area contributed by atoms with Gasteiger partial charge in [0.1, 0.15) is 0 Å². The average Bonchev–Trinajstić information content (AvgIpc) is 2.53. The Morgan fingerprint density at radius 1 is 1.15 bits per heavy atom. The van der Waals surface area contributed by atoms with Gasteiger partial charge in [-0.05, 0) is 43.0 Å². The molecule has 0 spiro atoms. The summed E-state index contributed by atoms with van der Waals surface area (Å²) >= 11 is 0. The summed E-state index contributed by atoms with van der Waals surface area (Å²) in [5.74, 6) is 0.199. The summed E-state index contributed by atoms with van der Waals surface area (Å²) in [4.78, 5) is 16.8. The van der Waals surface area contributed by atoms with E-state index in [1.54, 1.807) is 6.07 Å². The molecule has 26 heavy (non-hydrogen) atoms. The largest absolute Gasteiger partial charge is 0.377 e. The maximum absolute atomic E-state index is 12.9. The van der Waals surface area contributed by atoms with E-state index in [1.807, 2.05) is 49.9 Å². The second kappa shape index (κ2) is 9.80. The normalized spacial score (nSPS) is 11.5. The predicted molar refractivity (Wildman–Crippen MR) is 109 cm³/mol. The minimum absolute atomic E-state index is 0.0293. The molecule has 1 N–H and O–H groups in total. The van der Waals surface area contributed by atoms with Crippen LogP contribution in [0.25, 0.3) is 0 Å². The molecule has 0 heterocycles. The zero-order chi connectivity index (χ0) is 19.9. The van der Waals surface area contributed by atoms with Gasteiger partial charge in [0, 0.05) is 44.5 Å². The molecule has 0 saturated carbocycles. The van der Waals surface area contributed by atoms with Crippen molar-refractivity contribution in [2.24, 2.45) is 5.92 Å². The van der Waals surface area contributed by atoms with E-state index in [2.05, 4.69) is 11.6 Å². The molecule has 148 valence electrons. The molecule has 0 unspecified atom stereocenters. The van der Waals surface area contributed by atoms with E-state index in [9.17, 15) is 13.2 Å². The molecule has 0 atom stereocenters. The van der Waals surface area contributed by atoms with Gasteiger partial charge in [0.25, 0.3) is 0 Å². The Bertz CT molecular complexity index is 698. The van der Waals surface area contributed by atoms with Gasteiger partial charge in [-0.1, -0.05) is 20.8 Å². The van der Waals surface area contributed by atoms with Crippen molar-refractivity contribution in [3.63, 3.8) is 0 Å². The number of benzene rings is 1. The smallest absolute Gasteiger partial charge is 0.229 e. The molecule has 1 aromatic carbocycles. The van der Waals surface area contributed by atoms with Crippen molar-refractivity contribution in [1.82, 2.24) is 4.90 Å². The number of sulfonamides is 1. The maximum atomic E-state index is 12.9. The van der Waals surface area contributed by atoms with Crippen molar-refractivity contribution in [2.75, 3.05) is 36.5 Å². The Balaban J connectivity index is 3.22. The molecule has 0 saturated heterocycles. The molecule has 1 amide bonds. The fraction of sp³-hybridized carbons (Fsp3) is 0.632. The zero-order valence-electron chi connectivity index (χ0n) is 16.9. The lowest BCUT2D eigenvalue weighted by Gasteiger charge is -2.28. The first kappa shape index (κ1) is 22.3. The third-order valence-corrected chi connectivity index (χ3v) is 4.97. The molecule has 1 rings (SSSR count). The second-order valence-corrected chi connectivity index (χ2v) is 8.63. The van der Waals surface area contributed by atoms with E-state index < -0.39 is 10.0 Å². The monoisotopic (exact) mass is 383 g/mol. The summed E-state index contributed by atoms with van der Waals surface area (Å²) < 4.78 is 25.6. The highest BCUT2D eigenvalue weighted by Crippen LogP contribution is 2.26. The lowest BCUT2D eigenvalue weighted by molar-refractivity contribution is -0.136. The van der Waals surface area contributed by atoms with Gasteiger partial charge < -0.3 is 9.80 Å². The molecule has 0 radical (unpaired) electrons. The van der Waals surface area contributed by atoms with Gasteiger partial charge in [-0.15, -0.1) is 0 Å². The van der Waals surface area contributed by atoms with Crippen LogP contribution in [0.5, 0.6) is 0 Å². The van der Waals surface area contributed by atoms with Crippen molar-refractivity contribution in [2.45, 2.75) is 46.6 Å². The van der Waals surface area contributed by atoms with Crippen LogP contribution < -0.4 is 9.62 Å². The number of anilines is 2. The van der Waals surface area contributed by atoms with E-state index in [4.69, 9.17) is 0 Å². The minimum Gasteiger partial charge on any atom is -0.377 e. The molecule has 0 aliphatic rings. The topological polar surface area (TPSA) is 69.7 Å². The minimum atomic E-state index is -3.35. The molecule has 0 bridgehead atoms. The van der Waals surface area contributed by atoms with Gasteiger partial charge in [0.2, 0.25) is 15.9 Å². The maximum Gasteiger partial charge on any atom is 0.229 e. The molecule has 7 heteroatoms. The highest BCUT2D eigenvalue weighted by atomic mass is 32.2. The quantitative estimate of drug-likeness (QED) is 0.673. The highest BCUT2D eigenvalue weighted by Gasteiger charge is 2.22. The third-order valence-electron chi connectivity index (χ3n) is 4.37. The Morgan fingerprint density at radius 2 is 1.77 bits per heavy atom. The van der Waals surface area contributed by atoms with Gasteiger partial charge in [0.15, 0.2) is 0 Å². The number of carbonyl (C=O) groups excluding carboxylic acids is 1. The molecular weight excluding hydrogens is 350 g/mol. The van der Waals surface area contributed by atoms with Gasteiger partial charge >= 0.3 is 0 Å². The van der Waals surface area contributed by atoms with Crippen LogP contribution in [0.3, 0.4) is 0 Å². The highest BCUT2D eigenvalue weighted by molar-refractivity contribution is 7.92. The van der Waals surface area contributed by atoms with Crippen LogP contribution in [-0.2, 0) is 21.4 Å². The number of nitrogens with one attached hydrogen (secondary N) is 1. The third kappa shape index (κ3) is 6.52. The lowest BCUT2D eigenvalue weighted by Crippen LogP contribution is -2.36. The van der Waals surface area contributed by atoms with E-state index in [0.717, 1.165) is 36.8 Å². The van der Waals surface area contributed by atoms with Crippen LogP contribution in [0.4, 0.5) is 11.4 Å². The first-order valence-electron chi connectivity index (χ1n) is 9.19. The summed E-state index contributed by atoms with van der Waals surface area (Å²) in [6, 6.07) is 5.44. The number of carbonyl (C=O) groups is 1.